The standard InChI is InChI=1S/C49H47ClO7/c50-42-23-22-40(29-41(42)27-39-21-24-43-44(28-39)53-26-25-52-43)46-48(55-32-37-17-9-3-10-18-37)49(56-33-38-19-11-4-12-20-38)47(54-31-36-15-7-2-8-16-36)45(57-46)34-51-30-35-13-5-1-6-14-35/h1-24,28-29,45-49H,25-27,30-34H2/t45-,46+,47-,48+,49+/m1/s1. The molecule has 8 rings (SSSR count). The molecule has 5 atom stereocenters. The molecule has 0 N–H and O–H groups in total. The van der Waals surface area contributed by atoms with Crippen LogP contribution in [-0.2, 0) is 56.5 Å². The van der Waals surface area contributed by atoms with E-state index in [2.05, 4.69) is 60.7 Å². The molecule has 292 valence electrons. The van der Waals surface area contributed by atoms with Crippen molar-refractivity contribution in [1.82, 2.24) is 0 Å². The van der Waals surface area contributed by atoms with Gasteiger partial charge in [0.15, 0.2) is 11.5 Å². The number of ether oxygens (including phenoxy) is 7. The maximum atomic E-state index is 7.18. The molecule has 1 saturated heterocycles. The quantitative estimate of drug-likeness (QED) is 0.0969. The molecular formula is C49H47ClO7. The van der Waals surface area contributed by atoms with Crippen molar-refractivity contribution >= 4 is 11.6 Å². The maximum Gasteiger partial charge on any atom is 0.161 e. The smallest absolute Gasteiger partial charge is 0.161 e. The Kier molecular flexibility index (Phi) is 13.3. The summed E-state index contributed by atoms with van der Waals surface area (Å²) in [5.41, 5.74) is 7.16. The zero-order valence-corrected chi connectivity index (χ0v) is 32.5. The van der Waals surface area contributed by atoms with Gasteiger partial charge < -0.3 is 33.2 Å². The highest BCUT2D eigenvalue weighted by Crippen LogP contribution is 2.40. The summed E-state index contributed by atoms with van der Waals surface area (Å²) in [6.07, 6.45) is -2.11. The predicted octanol–water partition coefficient (Wildman–Crippen LogP) is 10.1. The molecule has 0 aromatic heterocycles. The summed E-state index contributed by atoms with van der Waals surface area (Å²) < 4.78 is 46.1. The van der Waals surface area contributed by atoms with Gasteiger partial charge in [-0.1, -0.05) is 151 Å². The van der Waals surface area contributed by atoms with Crippen molar-refractivity contribution in [2.45, 2.75) is 63.4 Å². The van der Waals surface area contributed by atoms with E-state index < -0.39 is 30.5 Å². The third kappa shape index (κ3) is 10.3. The Balaban J connectivity index is 1.15. The first kappa shape index (κ1) is 38.9. The molecule has 8 heteroatoms. The molecule has 0 amide bonds. The van der Waals surface area contributed by atoms with Crippen molar-refractivity contribution in [2.24, 2.45) is 0 Å². The monoisotopic (exact) mass is 782 g/mol. The van der Waals surface area contributed by atoms with Gasteiger partial charge in [-0.2, -0.15) is 0 Å². The minimum atomic E-state index is -0.566. The molecule has 7 nitrogen and oxygen atoms in total. The zero-order valence-electron chi connectivity index (χ0n) is 31.8. The fourth-order valence-corrected chi connectivity index (χ4v) is 7.57. The number of fused-ring (bicyclic) bond motifs is 1. The van der Waals surface area contributed by atoms with Gasteiger partial charge in [-0.25, -0.2) is 0 Å². The second kappa shape index (κ2) is 19.4. The lowest BCUT2D eigenvalue weighted by Crippen LogP contribution is -2.58. The number of hydrogen-bond acceptors (Lipinski definition) is 7. The van der Waals surface area contributed by atoms with Gasteiger partial charge in [-0.05, 0) is 63.6 Å². The average molecular weight is 783 g/mol. The maximum absolute atomic E-state index is 7.18. The minimum absolute atomic E-state index is 0.277. The molecular weight excluding hydrogens is 736 g/mol. The van der Waals surface area contributed by atoms with Crippen LogP contribution < -0.4 is 9.47 Å². The van der Waals surface area contributed by atoms with Crippen LogP contribution in [0.25, 0.3) is 0 Å². The Morgan fingerprint density at radius 2 is 1.02 bits per heavy atom. The summed E-state index contributed by atoms with van der Waals surface area (Å²) in [5, 5.41) is 0.662. The van der Waals surface area contributed by atoms with Crippen molar-refractivity contribution in [3.8, 4) is 11.5 Å². The molecule has 6 aromatic rings. The van der Waals surface area contributed by atoms with Crippen molar-refractivity contribution in [3.63, 3.8) is 0 Å². The third-order valence-corrected chi connectivity index (χ3v) is 10.7. The minimum Gasteiger partial charge on any atom is -0.486 e. The van der Waals surface area contributed by atoms with Crippen LogP contribution in [0.2, 0.25) is 5.02 Å². The van der Waals surface area contributed by atoms with Gasteiger partial charge >= 0.3 is 0 Å². The Morgan fingerprint density at radius 1 is 0.491 bits per heavy atom. The number of benzene rings is 6. The summed E-state index contributed by atoms with van der Waals surface area (Å²) in [7, 11) is 0. The summed E-state index contributed by atoms with van der Waals surface area (Å²) in [6.45, 7) is 2.86. The van der Waals surface area contributed by atoms with Gasteiger partial charge in [0.2, 0.25) is 0 Å². The Morgan fingerprint density at radius 3 is 1.61 bits per heavy atom. The van der Waals surface area contributed by atoms with E-state index in [1.807, 2.05) is 97.1 Å². The fraction of sp³-hybridized carbons (Fsp3) is 0.265. The van der Waals surface area contributed by atoms with Gasteiger partial charge in [-0.3, -0.25) is 0 Å². The van der Waals surface area contributed by atoms with Crippen molar-refractivity contribution in [3.05, 3.63) is 202 Å². The average Bonchev–Trinajstić information content (AvgIpc) is 3.26. The van der Waals surface area contributed by atoms with Crippen LogP contribution in [0.3, 0.4) is 0 Å². The molecule has 0 saturated carbocycles. The molecule has 0 bridgehead atoms. The van der Waals surface area contributed by atoms with Gasteiger partial charge in [0.05, 0.1) is 33.0 Å². The molecule has 0 unspecified atom stereocenters. The van der Waals surface area contributed by atoms with Crippen LogP contribution in [0, 0.1) is 0 Å². The molecule has 0 aliphatic carbocycles. The molecule has 0 radical (unpaired) electrons. The largest absolute Gasteiger partial charge is 0.486 e. The number of hydrogen-bond donors (Lipinski definition) is 0. The van der Waals surface area contributed by atoms with Crippen LogP contribution >= 0.6 is 11.6 Å². The second-order valence-corrected chi connectivity index (χ2v) is 14.8. The first-order chi connectivity index (χ1) is 28.2. The van der Waals surface area contributed by atoms with Gasteiger partial charge in [-0.15, -0.1) is 0 Å². The first-order valence-electron chi connectivity index (χ1n) is 19.6. The summed E-state index contributed by atoms with van der Waals surface area (Å²) in [5.74, 6) is 1.50. The van der Waals surface area contributed by atoms with E-state index in [9.17, 15) is 0 Å². The summed E-state index contributed by atoms with van der Waals surface area (Å²) in [4.78, 5) is 0. The molecule has 2 aliphatic rings. The van der Waals surface area contributed by atoms with Gasteiger partial charge in [0.1, 0.15) is 43.7 Å². The van der Waals surface area contributed by atoms with E-state index in [1.54, 1.807) is 0 Å². The highest BCUT2D eigenvalue weighted by Gasteiger charge is 2.49. The molecule has 1 fully saturated rings. The van der Waals surface area contributed by atoms with E-state index in [0.717, 1.165) is 50.4 Å². The van der Waals surface area contributed by atoms with E-state index in [1.165, 1.54) is 0 Å². The lowest BCUT2D eigenvalue weighted by molar-refractivity contribution is -0.275. The first-order valence-corrected chi connectivity index (χ1v) is 19.9. The summed E-state index contributed by atoms with van der Waals surface area (Å²) in [6, 6.07) is 52.8. The molecule has 0 spiro atoms. The molecule has 2 heterocycles. The lowest BCUT2D eigenvalue weighted by atomic mass is 9.89. The van der Waals surface area contributed by atoms with Crippen molar-refractivity contribution in [2.75, 3.05) is 19.8 Å². The number of halogens is 1. The highest BCUT2D eigenvalue weighted by atomic mass is 35.5. The highest BCUT2D eigenvalue weighted by molar-refractivity contribution is 6.31. The fourth-order valence-electron chi connectivity index (χ4n) is 7.38. The topological polar surface area (TPSA) is 64.6 Å². The Bertz CT molecular complexity index is 2130. The SMILES string of the molecule is Clc1ccc([C@@H]2O[C@H](COCc3ccccc3)[C@@H](OCc3ccccc3)[C@H](OCc3ccccc3)[C@H]2OCc2ccccc2)cc1Cc1ccc2c(c1)OCCO2. The van der Waals surface area contributed by atoms with E-state index in [-0.39, 0.29) is 6.61 Å². The van der Waals surface area contributed by atoms with Crippen molar-refractivity contribution < 1.29 is 33.2 Å². The van der Waals surface area contributed by atoms with Crippen LogP contribution in [0.4, 0.5) is 0 Å². The lowest BCUT2D eigenvalue weighted by Gasteiger charge is -2.46. The normalized spacial score (nSPS) is 20.3. The van der Waals surface area contributed by atoms with Crippen molar-refractivity contribution in [1.29, 1.82) is 0 Å². The molecule has 2 aliphatic heterocycles. The molecule has 57 heavy (non-hydrogen) atoms. The molecule has 6 aromatic carbocycles. The Labute approximate surface area is 340 Å². The van der Waals surface area contributed by atoms with Crippen LogP contribution in [0.1, 0.15) is 45.0 Å². The van der Waals surface area contributed by atoms with Crippen LogP contribution in [0.15, 0.2) is 158 Å². The van der Waals surface area contributed by atoms with Crippen LogP contribution in [0.5, 0.6) is 11.5 Å². The van der Waals surface area contributed by atoms with Gasteiger partial charge in [0.25, 0.3) is 0 Å². The van der Waals surface area contributed by atoms with Gasteiger partial charge in [0, 0.05) is 5.02 Å². The van der Waals surface area contributed by atoms with E-state index in [4.69, 9.17) is 44.8 Å². The second-order valence-electron chi connectivity index (χ2n) is 14.4. The van der Waals surface area contributed by atoms with E-state index >= 15 is 0 Å². The Hall–Kier alpha value is -4.99. The van der Waals surface area contributed by atoms with Crippen LogP contribution in [-0.4, -0.2) is 44.2 Å². The van der Waals surface area contributed by atoms with E-state index in [0.29, 0.717) is 51.1 Å². The summed E-state index contributed by atoms with van der Waals surface area (Å²) >= 11 is 6.94. The number of rotatable bonds is 16. The zero-order chi connectivity index (χ0) is 38.7. The third-order valence-electron chi connectivity index (χ3n) is 10.3. The predicted molar refractivity (Wildman–Crippen MR) is 220 cm³/mol.